The molecule has 6 rings (SSSR count). The van der Waals surface area contributed by atoms with Gasteiger partial charge in [-0.25, -0.2) is 18.7 Å². The Balaban J connectivity index is 1.37. The van der Waals surface area contributed by atoms with E-state index in [4.69, 9.17) is 4.74 Å². The van der Waals surface area contributed by atoms with Crippen molar-refractivity contribution in [2.24, 2.45) is 5.92 Å². The number of carbonyl (C=O) groups excluding carboxylic acids is 2. The molecule has 15 heteroatoms. The summed E-state index contributed by atoms with van der Waals surface area (Å²) in [5.41, 5.74) is -0.998. The van der Waals surface area contributed by atoms with Crippen LogP contribution in [-0.2, 0) is 4.74 Å². The van der Waals surface area contributed by atoms with E-state index in [2.05, 4.69) is 20.6 Å². The molecule has 5 heterocycles. The number of carbonyl (C=O) groups is 2. The van der Waals surface area contributed by atoms with Crippen molar-refractivity contribution in [1.29, 1.82) is 0 Å². The van der Waals surface area contributed by atoms with Crippen molar-refractivity contribution in [2.45, 2.75) is 81.4 Å². The third-order valence-corrected chi connectivity index (χ3v) is 9.33. The van der Waals surface area contributed by atoms with Gasteiger partial charge in [0, 0.05) is 29.4 Å². The molecule has 0 spiro atoms. The van der Waals surface area contributed by atoms with Gasteiger partial charge >= 0.3 is 6.18 Å². The maximum atomic E-state index is 14.4. The number of nitrogens with zero attached hydrogens (tertiary/aromatic N) is 3. The fourth-order valence-corrected chi connectivity index (χ4v) is 6.99. The van der Waals surface area contributed by atoms with Crippen LogP contribution in [0.25, 0.3) is 10.4 Å². The number of hydrogen-bond donors (Lipinski definition) is 3. The second-order valence-electron chi connectivity index (χ2n) is 11.0. The molecule has 3 saturated heterocycles. The predicted molar refractivity (Wildman–Crippen MR) is 137 cm³/mol. The van der Waals surface area contributed by atoms with Gasteiger partial charge in [-0.2, -0.15) is 13.2 Å². The summed E-state index contributed by atoms with van der Waals surface area (Å²) in [6, 6.07) is -1.78. The van der Waals surface area contributed by atoms with Crippen molar-refractivity contribution in [3.8, 4) is 10.4 Å². The molecule has 222 valence electrons. The first-order chi connectivity index (χ1) is 19.5. The standard InChI is InChI=1S/C26H28F5N5O4S/c27-22(28)14-7-18(34-21(11-1-2-11)26(29,30)31)32-8-15(14)20-19(25(39)36-12-3-4-13(36)6-5-12)35-24(41-20)23(38)33-16-9-40-10-17(16)37/h7-8,11-13,16-17,21-22,37H,1-6,9-10H2,(H,32,34)(H,33,38)/t12-,13-,16-,17-,21-/m0/s1. The van der Waals surface area contributed by atoms with Crippen molar-refractivity contribution in [3.63, 3.8) is 0 Å². The molecular weight excluding hydrogens is 573 g/mol. The van der Waals surface area contributed by atoms with E-state index in [1.165, 1.54) is 0 Å². The third-order valence-electron chi connectivity index (χ3n) is 8.24. The number of nitrogens with one attached hydrogen (secondary N) is 2. The molecule has 2 aromatic heterocycles. The molecule has 2 bridgehead atoms. The van der Waals surface area contributed by atoms with Crippen molar-refractivity contribution in [1.82, 2.24) is 20.2 Å². The average molecular weight is 602 g/mol. The zero-order valence-electron chi connectivity index (χ0n) is 21.7. The molecule has 2 aromatic rings. The van der Waals surface area contributed by atoms with Crippen LogP contribution in [0.2, 0.25) is 0 Å². The molecule has 9 nitrogen and oxygen atoms in total. The van der Waals surface area contributed by atoms with Gasteiger partial charge < -0.3 is 25.4 Å². The van der Waals surface area contributed by atoms with Gasteiger partial charge in [0.1, 0.15) is 17.6 Å². The van der Waals surface area contributed by atoms with Crippen LogP contribution in [0, 0.1) is 5.92 Å². The first kappa shape index (κ1) is 28.2. The topological polar surface area (TPSA) is 117 Å². The maximum absolute atomic E-state index is 14.4. The summed E-state index contributed by atoms with van der Waals surface area (Å²) >= 11 is 0.719. The highest BCUT2D eigenvalue weighted by molar-refractivity contribution is 7.17. The molecule has 3 atom stereocenters. The normalized spacial score (nSPS) is 26.6. The Labute approximate surface area is 235 Å². The Bertz CT molecular complexity index is 1320. The van der Waals surface area contributed by atoms with E-state index in [0.29, 0.717) is 12.8 Å². The van der Waals surface area contributed by atoms with Crippen LogP contribution in [0.3, 0.4) is 0 Å². The van der Waals surface area contributed by atoms with Crippen LogP contribution < -0.4 is 10.6 Å². The van der Waals surface area contributed by atoms with Crippen LogP contribution in [0.5, 0.6) is 0 Å². The summed E-state index contributed by atoms with van der Waals surface area (Å²) in [5.74, 6) is -2.21. The van der Waals surface area contributed by atoms with Crippen molar-refractivity contribution in [2.75, 3.05) is 18.5 Å². The highest BCUT2D eigenvalue weighted by Gasteiger charge is 2.49. The lowest BCUT2D eigenvalue weighted by Gasteiger charge is -2.23. The molecule has 41 heavy (non-hydrogen) atoms. The minimum absolute atomic E-state index is 0.00823. The lowest BCUT2D eigenvalue weighted by Crippen LogP contribution is -2.42. The van der Waals surface area contributed by atoms with Gasteiger partial charge in [0.15, 0.2) is 5.01 Å². The summed E-state index contributed by atoms with van der Waals surface area (Å²) in [6.45, 7) is 0.108. The Morgan fingerprint density at radius 1 is 1.10 bits per heavy atom. The fraction of sp³-hybridized carbons (Fsp3) is 0.615. The van der Waals surface area contributed by atoms with Gasteiger partial charge in [0.25, 0.3) is 18.2 Å². The summed E-state index contributed by atoms with van der Waals surface area (Å²) in [4.78, 5) is 36.8. The van der Waals surface area contributed by atoms with Gasteiger partial charge in [-0.3, -0.25) is 9.59 Å². The van der Waals surface area contributed by atoms with Crippen LogP contribution in [0.4, 0.5) is 27.8 Å². The van der Waals surface area contributed by atoms with Crippen molar-refractivity contribution in [3.05, 3.63) is 28.5 Å². The van der Waals surface area contributed by atoms with Crippen molar-refractivity contribution < 1.29 is 41.4 Å². The Morgan fingerprint density at radius 2 is 1.78 bits per heavy atom. The zero-order chi connectivity index (χ0) is 29.1. The summed E-state index contributed by atoms with van der Waals surface area (Å²) in [6.07, 6.45) is -3.64. The van der Waals surface area contributed by atoms with Crippen LogP contribution in [0.15, 0.2) is 12.3 Å². The second-order valence-corrected chi connectivity index (χ2v) is 12.0. The van der Waals surface area contributed by atoms with Gasteiger partial charge in [-0.15, -0.1) is 11.3 Å². The number of amides is 2. The first-order valence-corrected chi connectivity index (χ1v) is 14.3. The van der Waals surface area contributed by atoms with Gasteiger partial charge in [0.05, 0.1) is 30.2 Å². The number of anilines is 1. The molecule has 0 unspecified atom stereocenters. The molecule has 4 fully saturated rings. The van der Waals surface area contributed by atoms with E-state index < -0.39 is 54.1 Å². The number of thiazole rings is 1. The van der Waals surface area contributed by atoms with Gasteiger partial charge in [-0.05, 0) is 50.5 Å². The molecular formula is C26H28F5N5O4S. The SMILES string of the molecule is O=C(N[C@H]1COC[C@@H]1O)c1nc(C(=O)N2[C@H]3CC[C@H]2CC3)c(-c2cnc(N[C@@H](C3CC3)C(F)(F)F)cc2C(F)F)s1. The molecule has 0 aromatic carbocycles. The molecule has 0 radical (unpaired) electrons. The van der Waals surface area contributed by atoms with Gasteiger partial charge in [0.2, 0.25) is 0 Å². The third kappa shape index (κ3) is 5.50. The highest BCUT2D eigenvalue weighted by atomic mass is 32.1. The number of aliphatic hydroxyl groups excluding tert-OH is 1. The molecule has 3 N–H and O–H groups in total. The van der Waals surface area contributed by atoms with E-state index in [1.54, 1.807) is 4.90 Å². The number of alkyl halides is 5. The smallest absolute Gasteiger partial charge is 0.388 e. The maximum Gasteiger partial charge on any atom is 0.408 e. The fourth-order valence-electron chi connectivity index (χ4n) is 6.00. The number of pyridine rings is 1. The second kappa shape index (κ2) is 10.7. The van der Waals surface area contributed by atoms with Crippen LogP contribution in [0.1, 0.15) is 70.8 Å². The highest BCUT2D eigenvalue weighted by Crippen LogP contribution is 2.44. The van der Waals surface area contributed by atoms with E-state index in [1.807, 2.05) is 0 Å². The Morgan fingerprint density at radius 3 is 2.34 bits per heavy atom. The average Bonchev–Trinajstić information content (AvgIpc) is 3.24. The monoisotopic (exact) mass is 601 g/mol. The van der Waals surface area contributed by atoms with E-state index >= 15 is 0 Å². The van der Waals surface area contributed by atoms with Crippen molar-refractivity contribution >= 4 is 29.0 Å². The van der Waals surface area contributed by atoms with Gasteiger partial charge in [-0.1, -0.05) is 0 Å². The van der Waals surface area contributed by atoms with Crippen LogP contribution in [-0.4, -0.2) is 81.5 Å². The number of aromatic nitrogens is 2. The quantitative estimate of drug-likeness (QED) is 0.390. The first-order valence-electron chi connectivity index (χ1n) is 13.5. The van der Waals surface area contributed by atoms with Crippen LogP contribution >= 0.6 is 11.3 Å². The number of halogens is 5. The molecule has 1 saturated carbocycles. The molecule has 3 aliphatic heterocycles. The summed E-state index contributed by atoms with van der Waals surface area (Å²) in [7, 11) is 0. The number of hydrogen-bond acceptors (Lipinski definition) is 8. The zero-order valence-corrected chi connectivity index (χ0v) is 22.5. The lowest BCUT2D eigenvalue weighted by atomic mass is 10.0. The van der Waals surface area contributed by atoms with E-state index in [-0.39, 0.29) is 52.3 Å². The lowest BCUT2D eigenvalue weighted by molar-refractivity contribution is -0.146. The largest absolute Gasteiger partial charge is 0.408 e. The van der Waals surface area contributed by atoms with E-state index in [9.17, 15) is 36.6 Å². The molecule has 1 aliphatic carbocycles. The molecule has 2 amide bonds. The molecule has 4 aliphatic rings. The predicted octanol–water partition coefficient (Wildman–Crippen LogP) is 4.15. The number of fused-ring (bicyclic) bond motifs is 2. The summed E-state index contributed by atoms with van der Waals surface area (Å²) in [5, 5.41) is 14.7. The summed E-state index contributed by atoms with van der Waals surface area (Å²) < 4.78 is 74.6. The Kier molecular flexibility index (Phi) is 7.39. The van der Waals surface area contributed by atoms with E-state index in [0.717, 1.165) is 49.3 Å². The number of aliphatic hydroxyl groups is 1. The number of rotatable bonds is 8. The number of ether oxygens (including phenoxy) is 1. The Hall–Kier alpha value is -2.91. The minimum atomic E-state index is -4.58. The minimum Gasteiger partial charge on any atom is -0.388 e.